The number of fused-ring (bicyclic) bond motifs is 1. The van der Waals surface area contributed by atoms with E-state index in [2.05, 4.69) is 35.4 Å². The van der Waals surface area contributed by atoms with Gasteiger partial charge in [-0.3, -0.25) is 0 Å². The second-order valence-electron chi connectivity index (χ2n) is 4.98. The minimum Gasteiger partial charge on any atom is -0.418 e. The number of thiophene rings is 1. The first-order chi connectivity index (χ1) is 9.78. The van der Waals surface area contributed by atoms with Gasteiger partial charge in [-0.05, 0) is 43.7 Å². The molecular weight excluding hydrogens is 290 g/mol. The van der Waals surface area contributed by atoms with Gasteiger partial charge in [0.15, 0.2) is 0 Å². The van der Waals surface area contributed by atoms with Crippen molar-refractivity contribution in [2.75, 3.05) is 12.3 Å². The van der Waals surface area contributed by atoms with Crippen molar-refractivity contribution in [1.29, 1.82) is 0 Å². The molecular formula is C14H19N3OS2. The van der Waals surface area contributed by atoms with Crippen LogP contribution in [0.15, 0.2) is 10.5 Å². The molecule has 0 saturated heterocycles. The van der Waals surface area contributed by atoms with Gasteiger partial charge in [0.1, 0.15) is 0 Å². The summed E-state index contributed by atoms with van der Waals surface area (Å²) in [5, 5.41) is 11.7. The molecule has 1 aliphatic rings. The fourth-order valence-electron chi connectivity index (χ4n) is 2.21. The van der Waals surface area contributed by atoms with Crippen LogP contribution in [-0.2, 0) is 12.2 Å². The second kappa shape index (κ2) is 6.28. The van der Waals surface area contributed by atoms with Gasteiger partial charge in [0.2, 0.25) is 5.89 Å². The van der Waals surface area contributed by atoms with Crippen LogP contribution in [0.25, 0.3) is 10.8 Å². The fraction of sp³-hybridized carbons (Fsp3) is 0.571. The Bertz CT molecular complexity index is 555. The van der Waals surface area contributed by atoms with Gasteiger partial charge in [0.05, 0.1) is 10.9 Å². The van der Waals surface area contributed by atoms with Crippen LogP contribution in [0.3, 0.4) is 0 Å². The topological polar surface area (TPSA) is 51.0 Å². The molecule has 0 spiro atoms. The third-order valence-electron chi connectivity index (χ3n) is 3.35. The van der Waals surface area contributed by atoms with Crippen LogP contribution < -0.4 is 5.32 Å². The normalized spacial score (nSPS) is 16.1. The lowest BCUT2D eigenvalue weighted by atomic mass is 10.2. The maximum atomic E-state index is 5.83. The van der Waals surface area contributed by atoms with Gasteiger partial charge >= 0.3 is 0 Å². The average Bonchev–Trinajstić information content (AvgIpc) is 3.10. The van der Waals surface area contributed by atoms with Crippen molar-refractivity contribution in [3.63, 3.8) is 0 Å². The highest BCUT2D eigenvalue weighted by atomic mass is 32.2. The average molecular weight is 309 g/mol. The zero-order chi connectivity index (χ0) is 13.9. The summed E-state index contributed by atoms with van der Waals surface area (Å²) in [7, 11) is 0. The van der Waals surface area contributed by atoms with Gasteiger partial charge < -0.3 is 9.73 Å². The smallest absolute Gasteiger partial charge is 0.257 e. The molecule has 6 heteroatoms. The predicted molar refractivity (Wildman–Crippen MR) is 84.2 cm³/mol. The Morgan fingerprint density at radius 1 is 1.45 bits per heavy atom. The Morgan fingerprint density at radius 3 is 3.15 bits per heavy atom. The molecule has 1 N–H and O–H groups in total. The van der Waals surface area contributed by atoms with Crippen LogP contribution in [0.2, 0.25) is 0 Å². The van der Waals surface area contributed by atoms with E-state index in [9.17, 15) is 0 Å². The third kappa shape index (κ3) is 2.92. The number of nitrogens with zero attached hydrogens (tertiary/aromatic N) is 2. The van der Waals surface area contributed by atoms with Gasteiger partial charge in [-0.15, -0.1) is 21.5 Å². The molecule has 0 saturated carbocycles. The molecule has 0 fully saturated rings. The van der Waals surface area contributed by atoms with E-state index in [1.807, 2.05) is 11.8 Å². The summed E-state index contributed by atoms with van der Waals surface area (Å²) in [6.45, 7) is 5.17. The number of aromatic nitrogens is 2. The van der Waals surface area contributed by atoms with E-state index in [0.717, 1.165) is 23.6 Å². The van der Waals surface area contributed by atoms with E-state index >= 15 is 0 Å². The first-order valence-corrected chi connectivity index (χ1v) is 9.01. The number of aryl methyl sites for hydroxylation is 1. The van der Waals surface area contributed by atoms with E-state index in [4.69, 9.17) is 4.42 Å². The quantitative estimate of drug-likeness (QED) is 0.913. The lowest BCUT2D eigenvalue weighted by Gasteiger charge is -2.08. The first-order valence-electron chi connectivity index (χ1n) is 7.04. The molecule has 1 atom stereocenters. The van der Waals surface area contributed by atoms with Gasteiger partial charge in [0, 0.05) is 10.6 Å². The minimum atomic E-state index is 0.112. The molecule has 0 aliphatic carbocycles. The highest BCUT2D eigenvalue weighted by molar-refractivity contribution is 7.98. The van der Waals surface area contributed by atoms with Crippen LogP contribution in [0.5, 0.6) is 0 Å². The molecule has 0 aromatic carbocycles. The monoisotopic (exact) mass is 309 g/mol. The van der Waals surface area contributed by atoms with Gasteiger partial charge in [-0.1, -0.05) is 6.92 Å². The molecule has 2 aromatic rings. The molecule has 1 aliphatic heterocycles. The highest BCUT2D eigenvalue weighted by Gasteiger charge is 2.19. The molecule has 0 radical (unpaired) electrons. The Balaban J connectivity index is 1.77. The number of thioether (sulfide) groups is 1. The van der Waals surface area contributed by atoms with E-state index in [1.54, 1.807) is 11.3 Å². The van der Waals surface area contributed by atoms with Crippen molar-refractivity contribution < 1.29 is 4.42 Å². The molecule has 2 aromatic heterocycles. The van der Waals surface area contributed by atoms with Gasteiger partial charge in [0.25, 0.3) is 5.89 Å². The minimum absolute atomic E-state index is 0.112. The molecule has 3 heterocycles. The standard InChI is InChI=1S/C14H19N3OS2/c1-3-5-15-9(2)13-16-17-14(18-13)12-7-10-8-19-6-4-11(10)20-12/h7,9,15H,3-6,8H2,1-2H3. The van der Waals surface area contributed by atoms with E-state index < -0.39 is 0 Å². The van der Waals surface area contributed by atoms with Crippen molar-refractivity contribution in [1.82, 2.24) is 15.5 Å². The zero-order valence-electron chi connectivity index (χ0n) is 11.8. The highest BCUT2D eigenvalue weighted by Crippen LogP contribution is 2.36. The lowest BCUT2D eigenvalue weighted by Crippen LogP contribution is -2.19. The summed E-state index contributed by atoms with van der Waals surface area (Å²) in [5.41, 5.74) is 1.44. The van der Waals surface area contributed by atoms with E-state index in [-0.39, 0.29) is 6.04 Å². The van der Waals surface area contributed by atoms with Crippen molar-refractivity contribution in [3.05, 3.63) is 22.4 Å². The maximum Gasteiger partial charge on any atom is 0.257 e. The van der Waals surface area contributed by atoms with Gasteiger partial charge in [-0.25, -0.2) is 0 Å². The largest absolute Gasteiger partial charge is 0.418 e. The summed E-state index contributed by atoms with van der Waals surface area (Å²) in [6, 6.07) is 2.33. The van der Waals surface area contributed by atoms with Crippen molar-refractivity contribution in [3.8, 4) is 10.8 Å². The van der Waals surface area contributed by atoms with Crippen molar-refractivity contribution in [2.45, 2.75) is 38.5 Å². The fourth-order valence-corrected chi connectivity index (χ4v) is 4.50. The van der Waals surface area contributed by atoms with Crippen LogP contribution in [0.4, 0.5) is 0 Å². The Morgan fingerprint density at radius 2 is 2.35 bits per heavy atom. The van der Waals surface area contributed by atoms with Crippen LogP contribution in [0.1, 0.15) is 42.6 Å². The molecule has 20 heavy (non-hydrogen) atoms. The summed E-state index contributed by atoms with van der Waals surface area (Å²) < 4.78 is 5.83. The van der Waals surface area contributed by atoms with Crippen LogP contribution >= 0.6 is 23.1 Å². The number of rotatable bonds is 5. The van der Waals surface area contributed by atoms with Crippen LogP contribution in [-0.4, -0.2) is 22.5 Å². The van der Waals surface area contributed by atoms with Gasteiger partial charge in [-0.2, -0.15) is 11.8 Å². The third-order valence-corrected chi connectivity index (χ3v) is 5.58. The number of hydrogen-bond acceptors (Lipinski definition) is 6. The number of hydrogen-bond donors (Lipinski definition) is 1. The SMILES string of the molecule is CCCNC(C)c1nnc(-c2cc3c(s2)CCSC3)o1. The van der Waals surface area contributed by atoms with Crippen molar-refractivity contribution in [2.24, 2.45) is 0 Å². The van der Waals surface area contributed by atoms with E-state index in [1.165, 1.54) is 22.6 Å². The zero-order valence-corrected chi connectivity index (χ0v) is 13.4. The summed E-state index contributed by atoms with van der Waals surface area (Å²) in [4.78, 5) is 2.59. The Labute approximate surface area is 127 Å². The van der Waals surface area contributed by atoms with Crippen molar-refractivity contribution >= 4 is 23.1 Å². The molecule has 0 bridgehead atoms. The second-order valence-corrected chi connectivity index (χ2v) is 7.22. The molecule has 3 rings (SSSR count). The molecule has 1 unspecified atom stereocenters. The predicted octanol–water partition coefficient (Wildman–Crippen LogP) is 3.65. The maximum absolute atomic E-state index is 5.83. The summed E-state index contributed by atoms with van der Waals surface area (Å²) in [6.07, 6.45) is 2.26. The molecule has 4 nitrogen and oxygen atoms in total. The van der Waals surface area contributed by atoms with Crippen LogP contribution in [0, 0.1) is 0 Å². The number of nitrogens with one attached hydrogen (secondary N) is 1. The Kier molecular flexibility index (Phi) is 4.43. The van der Waals surface area contributed by atoms with E-state index in [0.29, 0.717) is 11.8 Å². The summed E-state index contributed by atoms with van der Waals surface area (Å²) in [5.74, 6) is 3.67. The molecule has 0 amide bonds. The Hall–Kier alpha value is -0.850. The summed E-state index contributed by atoms with van der Waals surface area (Å²) >= 11 is 3.80. The lowest BCUT2D eigenvalue weighted by molar-refractivity contribution is 0.423. The first kappa shape index (κ1) is 14.1. The molecule has 108 valence electrons.